The quantitative estimate of drug-likeness (QED) is 0.136. The lowest BCUT2D eigenvalue weighted by Gasteiger charge is -2.63. The molecule has 9 rings (SSSR count). The van der Waals surface area contributed by atoms with Crippen molar-refractivity contribution in [1.82, 2.24) is 36.0 Å². The zero-order valence-corrected chi connectivity index (χ0v) is 41.4. The van der Waals surface area contributed by atoms with Gasteiger partial charge in [-0.3, -0.25) is 25.1 Å². The van der Waals surface area contributed by atoms with Crippen LogP contribution in [0.15, 0.2) is 66.9 Å². The molecule has 5 fully saturated rings. The Balaban J connectivity index is 0.709. The van der Waals surface area contributed by atoms with Crippen LogP contribution in [0.3, 0.4) is 0 Å². The summed E-state index contributed by atoms with van der Waals surface area (Å²) in [7, 11) is 1.79. The van der Waals surface area contributed by atoms with Gasteiger partial charge in [-0.1, -0.05) is 45.4 Å². The maximum absolute atomic E-state index is 13.7. The largest absolute Gasteiger partial charge is 0.490 e. The molecule has 0 bridgehead atoms. The lowest BCUT2D eigenvalue weighted by atomic mass is 9.49. The number of aliphatic hydroxyl groups is 1. The first-order chi connectivity index (χ1) is 32.4. The molecular formula is C53H69ClN8O6. The first kappa shape index (κ1) is 48.3. The van der Waals surface area contributed by atoms with Crippen LogP contribution in [0.5, 0.6) is 23.0 Å². The maximum Gasteiger partial charge on any atom is 0.244 e. The molecule has 15 heteroatoms. The zero-order chi connectivity index (χ0) is 48.1. The summed E-state index contributed by atoms with van der Waals surface area (Å²) < 4.78 is 19.5. The average molecular weight is 950 g/mol. The highest BCUT2D eigenvalue weighted by Crippen LogP contribution is 2.56. The molecule has 1 saturated carbocycles. The number of ether oxygens (including phenoxy) is 3. The number of hydrogen-bond acceptors (Lipinski definition) is 12. The van der Waals surface area contributed by atoms with Gasteiger partial charge in [-0.25, -0.2) is 0 Å². The molecule has 3 aromatic carbocycles. The molecule has 0 aromatic heterocycles. The lowest BCUT2D eigenvalue weighted by molar-refractivity contribution is -0.174. The molecule has 2 atom stereocenters. The summed E-state index contributed by atoms with van der Waals surface area (Å²) in [4.78, 5) is 33.4. The summed E-state index contributed by atoms with van der Waals surface area (Å²) >= 11 is 6.28. The van der Waals surface area contributed by atoms with Gasteiger partial charge in [0, 0.05) is 93.0 Å². The Kier molecular flexibility index (Phi) is 13.7. The Morgan fingerprint density at radius 2 is 1.50 bits per heavy atom. The summed E-state index contributed by atoms with van der Waals surface area (Å²) in [5, 5.41) is 34.5. The van der Waals surface area contributed by atoms with Crippen molar-refractivity contribution in [2.75, 3.05) is 52.9 Å². The van der Waals surface area contributed by atoms with Crippen molar-refractivity contribution in [2.24, 2.45) is 22.7 Å². The van der Waals surface area contributed by atoms with Crippen LogP contribution in [0, 0.1) is 34.0 Å². The van der Waals surface area contributed by atoms with E-state index in [9.17, 15) is 20.0 Å². The fourth-order valence-electron chi connectivity index (χ4n) is 12.1. The number of nitrogens with one attached hydrogen (secondary N) is 4. The Morgan fingerprint density at radius 1 is 0.853 bits per heavy atom. The molecule has 5 aliphatic heterocycles. The molecule has 4 saturated heterocycles. The number of amides is 2. The van der Waals surface area contributed by atoms with E-state index in [0.717, 1.165) is 87.3 Å². The van der Waals surface area contributed by atoms with E-state index in [2.05, 4.69) is 64.8 Å². The van der Waals surface area contributed by atoms with Crippen LogP contribution in [0.4, 0.5) is 0 Å². The summed E-state index contributed by atoms with van der Waals surface area (Å²) in [5.74, 6) is 2.78. The number of likely N-dealkylation sites (N-methyl/N-ethyl adjacent to an activating group) is 1. The van der Waals surface area contributed by atoms with Gasteiger partial charge in [0.15, 0.2) is 0 Å². The number of piperidine rings is 2. The second-order valence-corrected chi connectivity index (χ2v) is 22.0. The molecule has 0 radical (unpaired) electrons. The summed E-state index contributed by atoms with van der Waals surface area (Å²) in [5.41, 5.74) is 1.44. The van der Waals surface area contributed by atoms with Crippen molar-refractivity contribution in [1.29, 1.82) is 5.26 Å². The van der Waals surface area contributed by atoms with Gasteiger partial charge in [-0.15, -0.1) is 0 Å². The minimum Gasteiger partial charge on any atom is -0.490 e. The fraction of sp³-hybridized carbons (Fsp3) is 0.566. The van der Waals surface area contributed by atoms with Crippen LogP contribution < -0.4 is 35.5 Å². The molecular weight excluding hydrogens is 880 g/mol. The average Bonchev–Trinajstić information content (AvgIpc) is 3.83. The third-order valence-corrected chi connectivity index (χ3v) is 16.0. The number of hydrogen-bond donors (Lipinski definition) is 5. The third-order valence-electron chi connectivity index (χ3n) is 15.7. The number of rotatable bonds is 12. The van der Waals surface area contributed by atoms with E-state index >= 15 is 0 Å². The van der Waals surface area contributed by atoms with E-state index in [4.69, 9.17) is 25.8 Å². The van der Waals surface area contributed by atoms with Gasteiger partial charge in [0.25, 0.3) is 0 Å². The topological polar surface area (TPSA) is 164 Å². The summed E-state index contributed by atoms with van der Waals surface area (Å²) in [6, 6.07) is 21.1. The molecule has 364 valence electrons. The van der Waals surface area contributed by atoms with E-state index in [-0.39, 0.29) is 65.1 Å². The van der Waals surface area contributed by atoms with Crippen molar-refractivity contribution in [3.05, 3.63) is 88.6 Å². The molecule has 2 unspecified atom stereocenters. The fourth-order valence-corrected chi connectivity index (χ4v) is 12.3. The first-order valence-electron chi connectivity index (χ1n) is 24.6. The number of benzene rings is 3. The molecule has 68 heavy (non-hydrogen) atoms. The highest BCUT2D eigenvalue weighted by atomic mass is 35.5. The van der Waals surface area contributed by atoms with Crippen LogP contribution >= 0.6 is 11.6 Å². The molecule has 14 nitrogen and oxygen atoms in total. The maximum atomic E-state index is 13.7. The van der Waals surface area contributed by atoms with E-state index in [1.54, 1.807) is 44.0 Å². The number of fused-ring (bicyclic) bond motifs is 1. The Hall–Kier alpha value is -4.72. The van der Waals surface area contributed by atoms with Crippen molar-refractivity contribution >= 4 is 29.0 Å². The highest BCUT2D eigenvalue weighted by Gasteiger charge is 2.64. The van der Waals surface area contributed by atoms with Crippen LogP contribution in [-0.2, 0) is 15.2 Å². The van der Waals surface area contributed by atoms with Crippen molar-refractivity contribution in [2.45, 2.75) is 116 Å². The number of carbonyl (C=O) groups excluding carboxylic acids is 2. The van der Waals surface area contributed by atoms with Crippen LogP contribution in [0.2, 0.25) is 5.02 Å². The number of nitrogens with zero attached hydrogens (tertiary/aromatic N) is 4. The SMILES string of the molecule is CN1C=C(c2cc(C(C)(C)O)ccc2Oc2ccc(OC3CCN(C4CCN(C5NCC(C(=O)NC6C(C)(C)C(Oc7ccc(C#N)c(Cl)c7)C6(C)C)CN5)CC4)CC3)cc2)C2CCNC2C1=O. The van der Waals surface area contributed by atoms with Gasteiger partial charge in [-0.2, -0.15) is 5.26 Å². The van der Waals surface area contributed by atoms with E-state index in [1.807, 2.05) is 48.7 Å². The van der Waals surface area contributed by atoms with Gasteiger partial charge >= 0.3 is 0 Å². The first-order valence-corrected chi connectivity index (χ1v) is 24.9. The van der Waals surface area contributed by atoms with E-state index in [0.29, 0.717) is 47.0 Å². The second kappa shape index (κ2) is 19.2. The van der Waals surface area contributed by atoms with Gasteiger partial charge in [0.2, 0.25) is 11.8 Å². The lowest BCUT2D eigenvalue weighted by Crippen LogP contribution is -2.75. The molecule has 3 aromatic rings. The number of halogens is 1. The second-order valence-electron chi connectivity index (χ2n) is 21.6. The van der Waals surface area contributed by atoms with Crippen molar-refractivity contribution in [3.63, 3.8) is 0 Å². The molecule has 1 aliphatic carbocycles. The summed E-state index contributed by atoms with van der Waals surface area (Å²) in [6.45, 7) is 18.1. The molecule has 2 amide bonds. The smallest absolute Gasteiger partial charge is 0.244 e. The molecule has 5 heterocycles. The zero-order valence-electron chi connectivity index (χ0n) is 40.6. The van der Waals surface area contributed by atoms with E-state index in [1.165, 1.54) is 0 Å². The van der Waals surface area contributed by atoms with Crippen LogP contribution in [-0.4, -0.2) is 121 Å². The van der Waals surface area contributed by atoms with Crippen LogP contribution in [0.1, 0.15) is 90.3 Å². The normalized spacial score (nSPS) is 27.9. The summed E-state index contributed by atoms with van der Waals surface area (Å²) in [6.07, 6.45) is 6.98. The standard InChI is InChI=1S/C53H69ClN8O6/c1-51(2)48(52(3,4)49(51)68-39-10-8-32(28-55)43(54)27-39)59-46(63)33-29-57-50(58-30-33)62-22-17-35(18-23-62)61-24-19-38(20-25-61)66-36-11-13-37(14-12-36)67-44-15-9-34(53(5,6)65)26-41(44)42-31-60(7)47(64)45-40(42)16-21-56-45/h8-15,26-27,31,33,35,38,40,45,48-50,56-58,65H,16-25,29-30H2,1-7H3,(H,59,63). The predicted octanol–water partition coefficient (Wildman–Crippen LogP) is 6.42. The molecule has 5 N–H and O–H groups in total. The minimum absolute atomic E-state index is 0.0301. The molecule has 0 spiro atoms. The van der Waals surface area contributed by atoms with Gasteiger partial charge < -0.3 is 39.8 Å². The monoisotopic (exact) mass is 949 g/mol. The van der Waals surface area contributed by atoms with Crippen molar-refractivity contribution in [3.8, 4) is 29.1 Å². The van der Waals surface area contributed by atoms with Gasteiger partial charge in [-0.05, 0) is 112 Å². The van der Waals surface area contributed by atoms with Gasteiger partial charge in [0.05, 0.1) is 28.1 Å². The number of likely N-dealkylation sites (tertiary alicyclic amines) is 2. The highest BCUT2D eigenvalue weighted by molar-refractivity contribution is 6.31. The minimum atomic E-state index is -1.04. The predicted molar refractivity (Wildman–Crippen MR) is 262 cm³/mol. The Morgan fingerprint density at radius 3 is 2.15 bits per heavy atom. The third kappa shape index (κ3) is 9.73. The Labute approximate surface area is 406 Å². The van der Waals surface area contributed by atoms with E-state index < -0.39 is 5.60 Å². The number of nitriles is 1. The van der Waals surface area contributed by atoms with Crippen LogP contribution in [0.25, 0.3) is 5.57 Å². The van der Waals surface area contributed by atoms with Gasteiger partial charge in [0.1, 0.15) is 47.6 Å². The molecule has 6 aliphatic rings. The number of carbonyl (C=O) groups is 2. The van der Waals surface area contributed by atoms with Crippen molar-refractivity contribution < 1.29 is 28.9 Å². The Bertz CT molecular complexity index is 2390.